The zero-order valence-corrected chi connectivity index (χ0v) is 17.0. The maximum atomic E-state index is 13.1. The van der Waals surface area contributed by atoms with Crippen LogP contribution in [0, 0.1) is 6.92 Å². The van der Waals surface area contributed by atoms with E-state index in [0.29, 0.717) is 23.5 Å². The average Bonchev–Trinajstić information content (AvgIpc) is 2.62. The molecule has 0 heterocycles. The first kappa shape index (κ1) is 20.3. The SMILES string of the molecule is CCN(CC)C(=O)c1cc(C)ccc1S(=O)NC(C)(C)c1ccccc1. The van der Waals surface area contributed by atoms with Gasteiger partial charge in [0, 0.05) is 13.1 Å². The second kappa shape index (κ2) is 8.60. The number of amides is 1. The van der Waals surface area contributed by atoms with Gasteiger partial charge in [-0.05, 0) is 52.3 Å². The highest BCUT2D eigenvalue weighted by atomic mass is 32.2. The molecular weight excluding hydrogens is 344 g/mol. The molecule has 2 aromatic carbocycles. The van der Waals surface area contributed by atoms with Crippen molar-refractivity contribution in [3.63, 3.8) is 0 Å². The Morgan fingerprint density at radius 1 is 1.08 bits per heavy atom. The molecule has 0 aromatic heterocycles. The molecule has 2 rings (SSSR count). The summed E-state index contributed by atoms with van der Waals surface area (Å²) in [6, 6.07) is 15.4. The highest BCUT2D eigenvalue weighted by Gasteiger charge is 2.26. The van der Waals surface area contributed by atoms with Crippen molar-refractivity contribution >= 4 is 16.9 Å². The van der Waals surface area contributed by atoms with Crippen LogP contribution in [0.4, 0.5) is 0 Å². The highest BCUT2D eigenvalue weighted by Crippen LogP contribution is 2.24. The lowest BCUT2D eigenvalue weighted by molar-refractivity contribution is 0.0769. The first-order valence-electron chi connectivity index (χ1n) is 8.95. The van der Waals surface area contributed by atoms with E-state index in [4.69, 9.17) is 0 Å². The van der Waals surface area contributed by atoms with Gasteiger partial charge < -0.3 is 4.90 Å². The van der Waals surface area contributed by atoms with Gasteiger partial charge >= 0.3 is 0 Å². The van der Waals surface area contributed by atoms with Gasteiger partial charge in [-0.3, -0.25) is 4.79 Å². The van der Waals surface area contributed by atoms with Crippen molar-refractivity contribution in [2.45, 2.75) is 45.1 Å². The fourth-order valence-electron chi connectivity index (χ4n) is 2.85. The van der Waals surface area contributed by atoms with E-state index in [9.17, 15) is 9.00 Å². The third kappa shape index (κ3) is 4.59. The Hall–Kier alpha value is -1.98. The zero-order valence-electron chi connectivity index (χ0n) is 16.2. The summed E-state index contributed by atoms with van der Waals surface area (Å²) in [4.78, 5) is 15.2. The summed E-state index contributed by atoms with van der Waals surface area (Å²) >= 11 is 0. The molecule has 0 fully saturated rings. The van der Waals surface area contributed by atoms with Gasteiger partial charge in [-0.25, -0.2) is 8.93 Å². The molecule has 0 aliphatic rings. The summed E-state index contributed by atoms with van der Waals surface area (Å²) in [5, 5.41) is 0. The lowest BCUT2D eigenvalue weighted by Gasteiger charge is -2.27. The van der Waals surface area contributed by atoms with Crippen LogP contribution < -0.4 is 4.72 Å². The van der Waals surface area contributed by atoms with E-state index in [1.807, 2.05) is 77.1 Å². The van der Waals surface area contributed by atoms with Gasteiger partial charge in [-0.2, -0.15) is 0 Å². The van der Waals surface area contributed by atoms with Gasteiger partial charge in [0.1, 0.15) is 11.0 Å². The van der Waals surface area contributed by atoms with Crippen molar-refractivity contribution in [3.8, 4) is 0 Å². The van der Waals surface area contributed by atoms with Crippen molar-refractivity contribution in [2.24, 2.45) is 0 Å². The minimum Gasteiger partial charge on any atom is -0.339 e. The molecule has 5 heteroatoms. The maximum Gasteiger partial charge on any atom is 0.255 e. The Bertz CT molecular complexity index is 784. The lowest BCUT2D eigenvalue weighted by Crippen LogP contribution is -2.39. The van der Waals surface area contributed by atoms with Crippen LogP contribution in [0.1, 0.15) is 49.2 Å². The zero-order chi connectivity index (χ0) is 19.3. The molecule has 0 aliphatic heterocycles. The minimum atomic E-state index is -1.51. The Morgan fingerprint density at radius 3 is 2.27 bits per heavy atom. The van der Waals surface area contributed by atoms with E-state index < -0.39 is 16.5 Å². The molecule has 4 nitrogen and oxygen atoms in total. The van der Waals surface area contributed by atoms with Crippen molar-refractivity contribution in [3.05, 3.63) is 65.2 Å². The first-order valence-corrected chi connectivity index (χ1v) is 10.1. The number of carbonyl (C=O) groups is 1. The molecule has 1 N–H and O–H groups in total. The topological polar surface area (TPSA) is 49.4 Å². The van der Waals surface area contributed by atoms with Crippen molar-refractivity contribution in [2.75, 3.05) is 13.1 Å². The Balaban J connectivity index is 2.36. The van der Waals surface area contributed by atoms with E-state index in [0.717, 1.165) is 11.1 Å². The number of hydrogen-bond donors (Lipinski definition) is 1. The lowest BCUT2D eigenvalue weighted by atomic mass is 9.96. The van der Waals surface area contributed by atoms with Crippen LogP contribution in [0.15, 0.2) is 53.4 Å². The van der Waals surface area contributed by atoms with Crippen LogP contribution >= 0.6 is 0 Å². The fraction of sp³-hybridized carbons (Fsp3) is 0.381. The normalized spacial score (nSPS) is 12.7. The summed E-state index contributed by atoms with van der Waals surface area (Å²) in [7, 11) is -1.51. The summed E-state index contributed by atoms with van der Waals surface area (Å²) in [5.74, 6) is -0.0821. The van der Waals surface area contributed by atoms with Gasteiger partial charge in [0.05, 0.1) is 16.0 Å². The van der Waals surface area contributed by atoms with Gasteiger partial charge in [0.15, 0.2) is 0 Å². The number of aryl methyl sites for hydroxylation is 1. The van der Waals surface area contributed by atoms with E-state index in [1.54, 1.807) is 11.0 Å². The predicted molar refractivity (Wildman–Crippen MR) is 107 cm³/mol. The van der Waals surface area contributed by atoms with Crippen molar-refractivity contribution in [1.82, 2.24) is 9.62 Å². The smallest absolute Gasteiger partial charge is 0.255 e. The monoisotopic (exact) mass is 372 g/mol. The number of benzene rings is 2. The molecule has 0 saturated carbocycles. The van der Waals surface area contributed by atoms with Gasteiger partial charge in [0.2, 0.25) is 0 Å². The van der Waals surface area contributed by atoms with E-state index >= 15 is 0 Å². The number of carbonyl (C=O) groups excluding carboxylic acids is 1. The summed E-state index contributed by atoms with van der Waals surface area (Å²) in [6.07, 6.45) is 0. The molecule has 0 saturated heterocycles. The standard InChI is InChI=1S/C21H28N2O2S/c1-6-23(7-2)20(24)18-15-16(3)13-14-19(18)26(25)22-21(4,5)17-11-9-8-10-12-17/h8-15,22H,6-7H2,1-5H3. The Morgan fingerprint density at radius 2 is 1.69 bits per heavy atom. The summed E-state index contributed by atoms with van der Waals surface area (Å²) in [6.45, 7) is 11.1. The average molecular weight is 373 g/mol. The number of nitrogens with zero attached hydrogens (tertiary/aromatic N) is 1. The quantitative estimate of drug-likeness (QED) is 0.798. The highest BCUT2D eigenvalue weighted by molar-refractivity contribution is 7.83. The molecule has 26 heavy (non-hydrogen) atoms. The second-order valence-electron chi connectivity index (χ2n) is 6.84. The summed E-state index contributed by atoms with van der Waals surface area (Å²) in [5.41, 5.74) is 2.02. The molecule has 0 aliphatic carbocycles. The van der Waals surface area contributed by atoms with Crippen LogP contribution in [0.2, 0.25) is 0 Å². The molecule has 1 unspecified atom stereocenters. The van der Waals surface area contributed by atoms with Gasteiger partial charge in [-0.15, -0.1) is 0 Å². The fourth-order valence-corrected chi connectivity index (χ4v) is 4.08. The number of rotatable bonds is 7. The van der Waals surface area contributed by atoms with Gasteiger partial charge in [-0.1, -0.05) is 42.0 Å². The third-order valence-corrected chi connectivity index (χ3v) is 5.91. The first-order chi connectivity index (χ1) is 12.3. The number of hydrogen-bond acceptors (Lipinski definition) is 2. The molecule has 0 bridgehead atoms. The van der Waals surface area contributed by atoms with Gasteiger partial charge in [0.25, 0.3) is 5.91 Å². The largest absolute Gasteiger partial charge is 0.339 e. The van der Waals surface area contributed by atoms with Crippen LogP contribution in [-0.2, 0) is 16.5 Å². The minimum absolute atomic E-state index is 0.0821. The molecular formula is C21H28N2O2S. The van der Waals surface area contributed by atoms with Crippen LogP contribution in [0.3, 0.4) is 0 Å². The molecule has 1 amide bonds. The summed E-state index contributed by atoms with van der Waals surface area (Å²) < 4.78 is 16.3. The molecule has 140 valence electrons. The molecule has 2 aromatic rings. The maximum absolute atomic E-state index is 13.1. The molecule has 1 atom stereocenters. The molecule has 0 spiro atoms. The van der Waals surface area contributed by atoms with Crippen LogP contribution in [0.25, 0.3) is 0 Å². The van der Waals surface area contributed by atoms with Crippen LogP contribution in [-0.4, -0.2) is 28.1 Å². The molecule has 0 radical (unpaired) electrons. The predicted octanol–water partition coefficient (Wildman–Crippen LogP) is 4.02. The second-order valence-corrected chi connectivity index (χ2v) is 8.02. The van der Waals surface area contributed by atoms with Crippen molar-refractivity contribution in [1.29, 1.82) is 0 Å². The van der Waals surface area contributed by atoms with Crippen LogP contribution in [0.5, 0.6) is 0 Å². The number of nitrogens with one attached hydrogen (secondary N) is 1. The van der Waals surface area contributed by atoms with Crippen molar-refractivity contribution < 1.29 is 9.00 Å². The van der Waals surface area contributed by atoms with E-state index in [1.165, 1.54) is 0 Å². The van der Waals surface area contributed by atoms with E-state index in [-0.39, 0.29) is 5.91 Å². The third-order valence-electron chi connectivity index (χ3n) is 4.46. The Kier molecular flexibility index (Phi) is 6.73. The Labute approximate surface area is 159 Å². The van der Waals surface area contributed by atoms with E-state index in [2.05, 4.69) is 4.72 Å².